The van der Waals surface area contributed by atoms with Gasteiger partial charge >= 0.3 is 12.0 Å². The maximum Gasteiger partial charge on any atom is 0.326 e. The number of aliphatic carboxylic acids is 1. The number of urea groups is 1. The number of likely N-dealkylation sites (tertiary alicyclic amines) is 1. The highest BCUT2D eigenvalue weighted by Crippen LogP contribution is 2.35. The molecule has 1 saturated carbocycles. The lowest BCUT2D eigenvalue weighted by Crippen LogP contribution is -2.53. The van der Waals surface area contributed by atoms with Crippen LogP contribution in [0.3, 0.4) is 0 Å². The van der Waals surface area contributed by atoms with Gasteiger partial charge in [0.1, 0.15) is 6.04 Å². The topological polar surface area (TPSA) is 69.6 Å². The van der Waals surface area contributed by atoms with E-state index in [9.17, 15) is 9.59 Å². The molecular weight excluding hydrogens is 244 g/mol. The van der Waals surface area contributed by atoms with Crippen LogP contribution in [-0.2, 0) is 4.79 Å². The number of nitrogens with one attached hydrogen (secondary N) is 1. The normalized spacial score (nSPS) is 30.1. The van der Waals surface area contributed by atoms with Crippen LogP contribution < -0.4 is 5.32 Å². The molecule has 2 amide bonds. The average molecular weight is 268 g/mol. The van der Waals surface area contributed by atoms with Gasteiger partial charge in [-0.15, -0.1) is 0 Å². The summed E-state index contributed by atoms with van der Waals surface area (Å²) in [5.74, 6) is -0.893. The Kier molecular flexibility index (Phi) is 4.02. The molecule has 0 spiro atoms. The molecule has 0 radical (unpaired) electrons. The molecule has 2 rings (SSSR count). The molecule has 5 nitrogen and oxygen atoms in total. The van der Waals surface area contributed by atoms with Gasteiger partial charge in [0.15, 0.2) is 0 Å². The Hall–Kier alpha value is -1.26. The van der Waals surface area contributed by atoms with Crippen LogP contribution in [0.2, 0.25) is 0 Å². The van der Waals surface area contributed by atoms with E-state index in [2.05, 4.69) is 19.2 Å². The van der Waals surface area contributed by atoms with Crippen molar-refractivity contribution in [2.24, 2.45) is 5.41 Å². The van der Waals surface area contributed by atoms with E-state index in [4.69, 9.17) is 5.11 Å². The Bertz CT molecular complexity index is 368. The number of carbonyl (C=O) groups is 2. The van der Waals surface area contributed by atoms with Crippen LogP contribution in [0.1, 0.15) is 52.4 Å². The van der Waals surface area contributed by atoms with E-state index in [1.54, 1.807) is 0 Å². The Morgan fingerprint density at radius 3 is 2.58 bits per heavy atom. The molecule has 0 aromatic heterocycles. The second-order valence-electron chi connectivity index (χ2n) is 6.43. The van der Waals surface area contributed by atoms with E-state index in [0.29, 0.717) is 13.0 Å². The van der Waals surface area contributed by atoms with Crippen LogP contribution in [0.5, 0.6) is 0 Å². The molecule has 2 atom stereocenters. The smallest absolute Gasteiger partial charge is 0.326 e. The summed E-state index contributed by atoms with van der Waals surface area (Å²) < 4.78 is 0. The minimum atomic E-state index is -0.893. The van der Waals surface area contributed by atoms with Crippen LogP contribution in [0.25, 0.3) is 0 Å². The first-order valence-corrected chi connectivity index (χ1v) is 7.22. The first kappa shape index (κ1) is 14.2. The van der Waals surface area contributed by atoms with Gasteiger partial charge < -0.3 is 15.3 Å². The zero-order valence-corrected chi connectivity index (χ0v) is 11.8. The highest BCUT2D eigenvalue weighted by molar-refractivity contribution is 5.83. The van der Waals surface area contributed by atoms with E-state index in [1.807, 2.05) is 0 Å². The van der Waals surface area contributed by atoms with Crippen LogP contribution in [0.15, 0.2) is 0 Å². The minimum Gasteiger partial charge on any atom is -0.480 e. The third kappa shape index (κ3) is 3.01. The molecule has 1 aliphatic heterocycles. The Morgan fingerprint density at radius 2 is 1.95 bits per heavy atom. The summed E-state index contributed by atoms with van der Waals surface area (Å²) >= 11 is 0. The Labute approximate surface area is 114 Å². The molecule has 2 aliphatic rings. The van der Waals surface area contributed by atoms with Crippen LogP contribution in [-0.4, -0.2) is 40.6 Å². The molecule has 108 valence electrons. The van der Waals surface area contributed by atoms with Crippen molar-refractivity contribution < 1.29 is 14.7 Å². The van der Waals surface area contributed by atoms with Crippen molar-refractivity contribution >= 4 is 12.0 Å². The molecule has 2 fully saturated rings. The van der Waals surface area contributed by atoms with Crippen molar-refractivity contribution in [1.82, 2.24) is 10.2 Å². The number of amides is 2. The van der Waals surface area contributed by atoms with Crippen molar-refractivity contribution in [3.63, 3.8) is 0 Å². The Balaban J connectivity index is 1.98. The van der Waals surface area contributed by atoms with E-state index in [0.717, 1.165) is 25.7 Å². The SMILES string of the molecule is CC1(C)CCCCC1NC(=O)N1CCC[C@@H]1C(=O)O. The summed E-state index contributed by atoms with van der Waals surface area (Å²) in [5, 5.41) is 12.2. The molecule has 1 saturated heterocycles. The number of nitrogens with zero attached hydrogens (tertiary/aromatic N) is 1. The lowest BCUT2D eigenvalue weighted by Gasteiger charge is -2.40. The average Bonchev–Trinajstić information content (AvgIpc) is 2.80. The van der Waals surface area contributed by atoms with E-state index in [1.165, 1.54) is 11.3 Å². The lowest BCUT2D eigenvalue weighted by atomic mass is 9.73. The molecule has 0 bridgehead atoms. The minimum absolute atomic E-state index is 0.104. The third-order valence-electron chi connectivity index (χ3n) is 4.60. The van der Waals surface area contributed by atoms with Crippen LogP contribution >= 0.6 is 0 Å². The summed E-state index contributed by atoms with van der Waals surface area (Å²) in [4.78, 5) is 24.9. The summed E-state index contributed by atoms with van der Waals surface area (Å²) in [7, 11) is 0. The zero-order chi connectivity index (χ0) is 14.0. The molecule has 0 aromatic rings. The summed E-state index contributed by atoms with van der Waals surface area (Å²) in [6.45, 7) is 4.90. The molecule has 19 heavy (non-hydrogen) atoms. The second kappa shape index (κ2) is 5.39. The molecule has 1 heterocycles. The van der Waals surface area contributed by atoms with Crippen molar-refractivity contribution in [1.29, 1.82) is 0 Å². The van der Waals surface area contributed by atoms with E-state index >= 15 is 0 Å². The highest BCUT2D eigenvalue weighted by Gasteiger charge is 2.38. The predicted molar refractivity (Wildman–Crippen MR) is 71.9 cm³/mol. The number of hydrogen-bond acceptors (Lipinski definition) is 2. The zero-order valence-electron chi connectivity index (χ0n) is 11.8. The van der Waals surface area contributed by atoms with Crippen LogP contribution in [0, 0.1) is 5.41 Å². The van der Waals surface area contributed by atoms with Gasteiger partial charge in [-0.25, -0.2) is 9.59 Å². The molecule has 2 N–H and O–H groups in total. The first-order chi connectivity index (χ1) is 8.92. The highest BCUT2D eigenvalue weighted by atomic mass is 16.4. The van der Waals surface area contributed by atoms with Crippen molar-refractivity contribution in [2.45, 2.75) is 64.5 Å². The van der Waals surface area contributed by atoms with Crippen molar-refractivity contribution in [3.05, 3.63) is 0 Å². The molecule has 5 heteroatoms. The van der Waals surface area contributed by atoms with Gasteiger partial charge in [-0.05, 0) is 31.1 Å². The van der Waals surface area contributed by atoms with Gasteiger partial charge in [0.05, 0.1) is 0 Å². The van der Waals surface area contributed by atoms with Crippen LogP contribution in [0.4, 0.5) is 4.79 Å². The predicted octanol–water partition coefficient (Wildman–Crippen LogP) is 2.21. The quantitative estimate of drug-likeness (QED) is 0.806. The summed E-state index contributed by atoms with van der Waals surface area (Å²) in [6, 6.07) is -0.694. The van der Waals surface area contributed by atoms with E-state index in [-0.39, 0.29) is 17.5 Å². The molecule has 1 unspecified atom stereocenters. The first-order valence-electron chi connectivity index (χ1n) is 7.22. The third-order valence-corrected chi connectivity index (χ3v) is 4.60. The number of carboxylic acid groups (broad SMARTS) is 1. The monoisotopic (exact) mass is 268 g/mol. The number of rotatable bonds is 2. The molecule has 1 aliphatic carbocycles. The molecular formula is C14H24N2O3. The fraction of sp³-hybridized carbons (Fsp3) is 0.857. The van der Waals surface area contributed by atoms with Gasteiger partial charge in [-0.1, -0.05) is 26.7 Å². The standard InChI is InChI=1S/C14H24N2O3/c1-14(2)8-4-3-7-11(14)15-13(19)16-9-5-6-10(16)12(17)18/h10-11H,3-9H2,1-2H3,(H,15,19)(H,17,18)/t10-,11?/m1/s1. The maximum atomic E-state index is 12.3. The van der Waals surface area contributed by atoms with Crippen molar-refractivity contribution in [3.8, 4) is 0 Å². The fourth-order valence-corrected chi connectivity index (χ4v) is 3.26. The Morgan fingerprint density at radius 1 is 1.21 bits per heavy atom. The van der Waals surface area contributed by atoms with Gasteiger partial charge in [-0.3, -0.25) is 0 Å². The lowest BCUT2D eigenvalue weighted by molar-refractivity contribution is -0.141. The number of carbonyl (C=O) groups excluding carboxylic acids is 1. The number of carboxylic acids is 1. The summed E-state index contributed by atoms with van der Waals surface area (Å²) in [6.07, 6.45) is 5.79. The summed E-state index contributed by atoms with van der Waals surface area (Å²) in [5.41, 5.74) is 0.104. The van der Waals surface area contributed by atoms with Gasteiger partial charge in [-0.2, -0.15) is 0 Å². The largest absolute Gasteiger partial charge is 0.480 e. The fourth-order valence-electron chi connectivity index (χ4n) is 3.26. The van der Waals surface area contributed by atoms with Gasteiger partial charge in [0.2, 0.25) is 0 Å². The van der Waals surface area contributed by atoms with Crippen molar-refractivity contribution in [2.75, 3.05) is 6.54 Å². The van der Waals surface area contributed by atoms with E-state index < -0.39 is 12.0 Å². The van der Waals surface area contributed by atoms with Gasteiger partial charge in [0.25, 0.3) is 0 Å². The van der Waals surface area contributed by atoms with Gasteiger partial charge in [0, 0.05) is 12.6 Å². The second-order valence-corrected chi connectivity index (χ2v) is 6.43. The maximum absolute atomic E-state index is 12.3. The molecule has 0 aromatic carbocycles. The number of hydrogen-bond donors (Lipinski definition) is 2.